The molecular weight excluding hydrogens is 184 g/mol. The number of nitrogens with two attached hydrogens (primary N) is 1. The molecule has 0 aliphatic carbocycles. The predicted molar refractivity (Wildman–Crippen MR) is 57.9 cm³/mol. The van der Waals surface area contributed by atoms with Gasteiger partial charge in [0, 0.05) is 13.1 Å². The maximum Gasteiger partial charge on any atom is 0.0869 e. The van der Waals surface area contributed by atoms with Crippen LogP contribution in [0.4, 0.5) is 0 Å². The molecule has 0 radical (unpaired) electrons. The van der Waals surface area contributed by atoms with Gasteiger partial charge >= 0.3 is 0 Å². The van der Waals surface area contributed by atoms with Crippen molar-refractivity contribution in [1.82, 2.24) is 4.90 Å². The Kier molecular flexibility index (Phi) is 4.09. The van der Waals surface area contributed by atoms with Gasteiger partial charge < -0.3 is 10.5 Å². The van der Waals surface area contributed by atoms with Crippen LogP contribution in [0.5, 0.6) is 0 Å². The van der Waals surface area contributed by atoms with Crippen molar-refractivity contribution < 1.29 is 4.74 Å². The Morgan fingerprint density at radius 1 is 1.62 bits per heavy atom. The third kappa shape index (κ3) is 4.02. The van der Waals surface area contributed by atoms with E-state index in [-0.39, 0.29) is 0 Å². The monoisotopic (exact) mass is 202 g/mol. The van der Waals surface area contributed by atoms with Crippen LogP contribution in [0.3, 0.4) is 0 Å². The summed E-state index contributed by atoms with van der Waals surface area (Å²) in [6.07, 6.45) is 3.12. The molecule has 0 spiro atoms. The molecule has 1 fully saturated rings. The molecule has 0 aromatic heterocycles. The fraction of sp³-hybridized carbons (Fsp3) is 0.889. The summed E-state index contributed by atoms with van der Waals surface area (Å²) in [5.41, 5.74) is 5.44. The van der Waals surface area contributed by atoms with Crippen molar-refractivity contribution >= 4 is 17.2 Å². The fourth-order valence-corrected chi connectivity index (χ4v) is 1.92. The molecule has 0 bridgehead atoms. The normalized spacial score (nSPS) is 28.2. The summed E-state index contributed by atoms with van der Waals surface area (Å²) in [5, 5.41) is 0. The van der Waals surface area contributed by atoms with Gasteiger partial charge in [0.1, 0.15) is 0 Å². The molecule has 13 heavy (non-hydrogen) atoms. The zero-order chi connectivity index (χ0) is 9.84. The molecule has 0 aromatic carbocycles. The maximum absolute atomic E-state index is 5.69. The average Bonchev–Trinajstić information content (AvgIpc) is 2.33. The summed E-state index contributed by atoms with van der Waals surface area (Å²) in [4.78, 5) is 2.67. The standard InChI is InChI=1S/C9H18N2OS/c1-7-3-4-8(12-7)5-11(2)6-9(10)13/h7-8H,3-6H2,1-2H3,(H2,10,13). The van der Waals surface area contributed by atoms with Gasteiger partial charge in [-0.05, 0) is 26.8 Å². The highest BCUT2D eigenvalue weighted by atomic mass is 32.1. The second kappa shape index (κ2) is 4.88. The lowest BCUT2D eigenvalue weighted by atomic mass is 10.2. The molecule has 1 saturated heterocycles. The molecule has 0 aromatic rings. The summed E-state index contributed by atoms with van der Waals surface area (Å²) >= 11 is 4.83. The van der Waals surface area contributed by atoms with E-state index in [1.807, 2.05) is 7.05 Å². The number of nitrogens with zero attached hydrogens (tertiary/aromatic N) is 1. The number of rotatable bonds is 4. The van der Waals surface area contributed by atoms with Crippen LogP contribution in [0.1, 0.15) is 19.8 Å². The maximum atomic E-state index is 5.69. The van der Waals surface area contributed by atoms with E-state index < -0.39 is 0 Å². The van der Waals surface area contributed by atoms with Crippen LogP contribution in [0.15, 0.2) is 0 Å². The van der Waals surface area contributed by atoms with Crippen LogP contribution in [0, 0.1) is 0 Å². The summed E-state index contributed by atoms with van der Waals surface area (Å²) in [5.74, 6) is 0. The van der Waals surface area contributed by atoms with Gasteiger partial charge in [0.25, 0.3) is 0 Å². The quantitative estimate of drug-likeness (QED) is 0.684. The lowest BCUT2D eigenvalue weighted by molar-refractivity contribution is 0.0391. The summed E-state index contributed by atoms with van der Waals surface area (Å²) in [6, 6.07) is 0. The Bertz CT molecular complexity index is 186. The van der Waals surface area contributed by atoms with Crippen molar-refractivity contribution in [1.29, 1.82) is 0 Å². The summed E-state index contributed by atoms with van der Waals surface area (Å²) in [6.45, 7) is 3.73. The van der Waals surface area contributed by atoms with E-state index in [4.69, 9.17) is 22.7 Å². The molecule has 2 unspecified atom stereocenters. The Labute approximate surface area is 85.2 Å². The molecule has 1 aliphatic heterocycles. The molecule has 1 aliphatic rings. The second-order valence-electron chi connectivity index (χ2n) is 3.81. The first kappa shape index (κ1) is 10.9. The highest BCUT2D eigenvalue weighted by molar-refractivity contribution is 7.80. The van der Waals surface area contributed by atoms with Gasteiger partial charge in [-0.2, -0.15) is 0 Å². The molecule has 76 valence electrons. The smallest absolute Gasteiger partial charge is 0.0869 e. The van der Waals surface area contributed by atoms with Crippen molar-refractivity contribution in [2.75, 3.05) is 20.1 Å². The average molecular weight is 202 g/mol. The van der Waals surface area contributed by atoms with Crippen LogP contribution >= 0.6 is 12.2 Å². The number of thiocarbonyl (C=S) groups is 1. The molecular formula is C9H18N2OS. The van der Waals surface area contributed by atoms with Crippen molar-refractivity contribution in [3.05, 3.63) is 0 Å². The van der Waals surface area contributed by atoms with E-state index >= 15 is 0 Å². The van der Waals surface area contributed by atoms with E-state index in [1.54, 1.807) is 0 Å². The molecule has 2 N–H and O–H groups in total. The van der Waals surface area contributed by atoms with E-state index in [9.17, 15) is 0 Å². The van der Waals surface area contributed by atoms with Crippen molar-refractivity contribution in [3.8, 4) is 0 Å². The first-order valence-corrected chi connectivity index (χ1v) is 5.11. The lowest BCUT2D eigenvalue weighted by Gasteiger charge is -2.20. The van der Waals surface area contributed by atoms with Crippen molar-refractivity contribution in [3.63, 3.8) is 0 Å². The van der Waals surface area contributed by atoms with Crippen LogP contribution in [-0.2, 0) is 4.74 Å². The van der Waals surface area contributed by atoms with Crippen LogP contribution in [0.25, 0.3) is 0 Å². The first-order valence-electron chi connectivity index (χ1n) is 4.70. The Morgan fingerprint density at radius 2 is 2.31 bits per heavy atom. The van der Waals surface area contributed by atoms with Gasteiger partial charge in [-0.25, -0.2) is 0 Å². The molecule has 1 heterocycles. The number of hydrogen-bond acceptors (Lipinski definition) is 3. The van der Waals surface area contributed by atoms with E-state index in [1.165, 1.54) is 6.42 Å². The Morgan fingerprint density at radius 3 is 2.77 bits per heavy atom. The molecule has 0 amide bonds. The van der Waals surface area contributed by atoms with Gasteiger partial charge in [0.15, 0.2) is 0 Å². The predicted octanol–water partition coefficient (Wildman–Crippen LogP) is 0.772. The summed E-state index contributed by atoms with van der Waals surface area (Å²) in [7, 11) is 2.02. The third-order valence-corrected chi connectivity index (χ3v) is 2.39. The van der Waals surface area contributed by atoms with E-state index in [0.717, 1.165) is 13.0 Å². The minimum absolute atomic E-state index is 0.370. The largest absolute Gasteiger partial charge is 0.392 e. The van der Waals surface area contributed by atoms with Crippen molar-refractivity contribution in [2.45, 2.75) is 32.0 Å². The molecule has 0 saturated carbocycles. The zero-order valence-corrected chi connectivity index (χ0v) is 9.14. The van der Waals surface area contributed by atoms with E-state index in [2.05, 4.69) is 11.8 Å². The van der Waals surface area contributed by atoms with Gasteiger partial charge in [0.2, 0.25) is 0 Å². The lowest BCUT2D eigenvalue weighted by Crippen LogP contribution is -2.35. The Hall–Kier alpha value is -0.190. The minimum atomic E-state index is 0.370. The SMILES string of the molecule is CC1CCC(CN(C)CC(N)=S)O1. The Balaban J connectivity index is 2.20. The minimum Gasteiger partial charge on any atom is -0.392 e. The van der Waals surface area contributed by atoms with Gasteiger partial charge in [-0.3, -0.25) is 4.90 Å². The van der Waals surface area contributed by atoms with Crippen LogP contribution in [-0.4, -0.2) is 42.2 Å². The topological polar surface area (TPSA) is 38.5 Å². The van der Waals surface area contributed by atoms with Crippen LogP contribution < -0.4 is 5.73 Å². The molecule has 3 nitrogen and oxygen atoms in total. The second-order valence-corrected chi connectivity index (χ2v) is 4.33. The number of ether oxygens (including phenoxy) is 1. The molecule has 1 rings (SSSR count). The molecule has 2 atom stereocenters. The van der Waals surface area contributed by atoms with Gasteiger partial charge in [0.05, 0.1) is 17.2 Å². The van der Waals surface area contributed by atoms with E-state index in [0.29, 0.717) is 23.7 Å². The zero-order valence-electron chi connectivity index (χ0n) is 8.32. The number of likely N-dealkylation sites (N-methyl/N-ethyl adjacent to an activating group) is 1. The number of hydrogen-bond donors (Lipinski definition) is 1. The highest BCUT2D eigenvalue weighted by Gasteiger charge is 2.22. The fourth-order valence-electron chi connectivity index (χ4n) is 1.70. The van der Waals surface area contributed by atoms with Crippen LogP contribution in [0.2, 0.25) is 0 Å². The first-order chi connectivity index (χ1) is 6.08. The third-order valence-electron chi connectivity index (χ3n) is 2.26. The molecule has 4 heteroatoms. The van der Waals surface area contributed by atoms with Gasteiger partial charge in [-0.15, -0.1) is 0 Å². The highest BCUT2D eigenvalue weighted by Crippen LogP contribution is 2.19. The van der Waals surface area contributed by atoms with Crippen molar-refractivity contribution in [2.24, 2.45) is 5.73 Å². The van der Waals surface area contributed by atoms with Gasteiger partial charge in [-0.1, -0.05) is 12.2 Å². The summed E-state index contributed by atoms with van der Waals surface area (Å²) < 4.78 is 5.69.